The van der Waals surface area contributed by atoms with Gasteiger partial charge in [0.1, 0.15) is 11.0 Å². The fourth-order valence-electron chi connectivity index (χ4n) is 6.36. The summed E-state index contributed by atoms with van der Waals surface area (Å²) in [6.07, 6.45) is 9.32. The molecule has 0 radical (unpaired) electrons. The molecule has 1 aliphatic carbocycles. The van der Waals surface area contributed by atoms with E-state index < -0.39 is 0 Å². The topological polar surface area (TPSA) is 69.4 Å². The second-order valence-electron chi connectivity index (χ2n) is 11.8. The normalized spacial score (nSPS) is 14.3. The first kappa shape index (κ1) is 27.1. The number of fused-ring (bicyclic) bond motifs is 5. The first-order valence-electron chi connectivity index (χ1n) is 15.8. The van der Waals surface area contributed by atoms with Crippen molar-refractivity contribution in [1.29, 1.82) is 0 Å². The summed E-state index contributed by atoms with van der Waals surface area (Å²) in [6.45, 7) is 0. The van der Waals surface area contributed by atoms with Crippen LogP contribution in [-0.2, 0) is 0 Å². The number of hydrogen-bond acceptors (Lipinski definition) is 5. The molecule has 0 fully saturated rings. The van der Waals surface area contributed by atoms with E-state index in [-0.39, 0.29) is 6.04 Å². The quantitative estimate of drug-likeness (QED) is 0.183. The van der Waals surface area contributed by atoms with Crippen molar-refractivity contribution < 1.29 is 0 Å². The van der Waals surface area contributed by atoms with E-state index >= 15 is 0 Å². The summed E-state index contributed by atoms with van der Waals surface area (Å²) >= 11 is 0. The Bertz CT molecular complexity index is 2480. The Balaban J connectivity index is 1.16. The third kappa shape index (κ3) is 4.96. The smallest absolute Gasteiger partial charge is 0.164 e. The largest absolute Gasteiger partial charge is 0.208 e. The van der Waals surface area contributed by atoms with Crippen molar-refractivity contribution in [2.45, 2.75) is 12.5 Å². The fourth-order valence-corrected chi connectivity index (χ4v) is 6.36. The van der Waals surface area contributed by atoms with Crippen molar-refractivity contribution in [2.75, 3.05) is 0 Å². The van der Waals surface area contributed by atoms with Crippen LogP contribution in [0.2, 0.25) is 0 Å². The lowest BCUT2D eigenvalue weighted by Crippen LogP contribution is -2.10. The summed E-state index contributed by atoms with van der Waals surface area (Å²) in [5.41, 5.74) is 6.93. The van der Waals surface area contributed by atoms with Gasteiger partial charge in [0.25, 0.3) is 0 Å². The molecule has 9 rings (SSSR count). The summed E-state index contributed by atoms with van der Waals surface area (Å²) in [7, 11) is 0. The third-order valence-electron chi connectivity index (χ3n) is 8.80. The molecular weight excluding hydrogens is 576 g/mol. The van der Waals surface area contributed by atoms with Gasteiger partial charge in [-0.1, -0.05) is 140 Å². The van der Waals surface area contributed by atoms with Crippen molar-refractivity contribution in [3.05, 3.63) is 152 Å². The highest BCUT2D eigenvalue weighted by Crippen LogP contribution is 2.34. The molecule has 0 saturated heterocycles. The minimum atomic E-state index is 0.121. The maximum Gasteiger partial charge on any atom is 0.164 e. The molecule has 1 aliphatic rings. The lowest BCUT2D eigenvalue weighted by atomic mass is 9.99. The predicted octanol–water partition coefficient (Wildman–Crippen LogP) is 9.65. The molecule has 1 unspecified atom stereocenters. The minimum Gasteiger partial charge on any atom is -0.208 e. The Morgan fingerprint density at radius 3 is 1.83 bits per heavy atom. The van der Waals surface area contributed by atoms with Gasteiger partial charge in [-0.2, -0.15) is 15.0 Å². The molecule has 1 atom stereocenters. The number of nitrogens with zero attached hydrogens (tertiary/aromatic N) is 6. The SMILES string of the molecule is C1=CCC(n2nc3ccc4ccc5cc(-c6nc(-c7ccccc7)nc(-c7ccc(-c8ccccc8)cc7)n6)ccc5c4c3n2)C=C1. The second kappa shape index (κ2) is 11.3. The van der Waals surface area contributed by atoms with Gasteiger partial charge in [0.05, 0.1) is 6.04 Å². The van der Waals surface area contributed by atoms with Crippen LogP contribution in [0.3, 0.4) is 0 Å². The number of allylic oxidation sites excluding steroid dienone is 4. The Morgan fingerprint density at radius 1 is 0.511 bits per heavy atom. The third-order valence-corrected chi connectivity index (χ3v) is 8.80. The van der Waals surface area contributed by atoms with E-state index in [0.29, 0.717) is 17.5 Å². The summed E-state index contributed by atoms with van der Waals surface area (Å²) in [4.78, 5) is 16.8. The molecule has 2 heterocycles. The first-order chi connectivity index (χ1) is 23.3. The molecule has 0 amide bonds. The maximum atomic E-state index is 5.02. The highest BCUT2D eigenvalue weighted by atomic mass is 15.5. The van der Waals surface area contributed by atoms with E-state index in [9.17, 15) is 0 Å². The van der Waals surface area contributed by atoms with Crippen LogP contribution in [0.1, 0.15) is 12.5 Å². The Hall–Kier alpha value is -6.27. The number of aromatic nitrogens is 6. The lowest BCUT2D eigenvalue weighted by Gasteiger charge is -2.11. The average Bonchev–Trinajstić information content (AvgIpc) is 3.60. The van der Waals surface area contributed by atoms with E-state index in [1.54, 1.807) is 0 Å². The van der Waals surface area contributed by atoms with E-state index in [0.717, 1.165) is 61.3 Å². The van der Waals surface area contributed by atoms with E-state index in [1.165, 1.54) is 5.56 Å². The van der Waals surface area contributed by atoms with Crippen molar-refractivity contribution in [3.63, 3.8) is 0 Å². The lowest BCUT2D eigenvalue weighted by molar-refractivity contribution is 0.481. The van der Waals surface area contributed by atoms with Gasteiger partial charge in [-0.05, 0) is 45.8 Å². The summed E-state index contributed by atoms with van der Waals surface area (Å²) in [5.74, 6) is 1.91. The van der Waals surface area contributed by atoms with Crippen molar-refractivity contribution in [1.82, 2.24) is 29.9 Å². The number of benzene rings is 6. The minimum absolute atomic E-state index is 0.121. The standard InChI is InChI=1S/C41H28N6/c1-4-10-27(11-5-1)28-16-19-31(20-17-28)40-42-39(30-12-6-2-7-13-30)43-41(44-40)33-22-24-35-32(26-33)21-18-29-23-25-36-38(37(29)35)46-47(45-36)34-14-8-3-9-15-34/h1-14,16-26,34H,15H2. The molecule has 222 valence electrons. The van der Waals surface area contributed by atoms with Crippen LogP contribution in [0.15, 0.2) is 152 Å². The van der Waals surface area contributed by atoms with Gasteiger partial charge in [-0.25, -0.2) is 15.0 Å². The Morgan fingerprint density at radius 2 is 1.11 bits per heavy atom. The molecule has 6 nitrogen and oxygen atoms in total. The van der Waals surface area contributed by atoms with Gasteiger partial charge in [-0.15, -0.1) is 0 Å². The van der Waals surface area contributed by atoms with Crippen LogP contribution >= 0.6 is 0 Å². The van der Waals surface area contributed by atoms with Crippen molar-refractivity contribution in [2.24, 2.45) is 0 Å². The Kier molecular flexibility index (Phi) is 6.49. The van der Waals surface area contributed by atoms with E-state index in [2.05, 4.69) is 115 Å². The van der Waals surface area contributed by atoms with Crippen LogP contribution in [0.5, 0.6) is 0 Å². The molecule has 6 heteroatoms. The molecule has 0 bridgehead atoms. The average molecular weight is 605 g/mol. The fraction of sp³-hybridized carbons (Fsp3) is 0.0488. The second-order valence-corrected chi connectivity index (χ2v) is 11.8. The summed E-state index contributed by atoms with van der Waals surface area (Å²) in [5, 5.41) is 14.3. The molecule has 8 aromatic rings. The predicted molar refractivity (Wildman–Crippen MR) is 190 cm³/mol. The first-order valence-corrected chi connectivity index (χ1v) is 15.8. The van der Waals surface area contributed by atoms with Crippen molar-refractivity contribution in [3.8, 4) is 45.3 Å². The van der Waals surface area contributed by atoms with Crippen LogP contribution in [0.4, 0.5) is 0 Å². The molecule has 0 spiro atoms. The number of hydrogen-bond donors (Lipinski definition) is 0. The van der Waals surface area contributed by atoms with Gasteiger partial charge in [0, 0.05) is 22.1 Å². The molecule has 2 aromatic heterocycles. The molecule has 0 N–H and O–H groups in total. The summed E-state index contributed by atoms with van der Waals surface area (Å²) in [6, 6.07) is 43.9. The van der Waals surface area contributed by atoms with Gasteiger partial charge in [0.2, 0.25) is 0 Å². The molecule has 6 aromatic carbocycles. The van der Waals surface area contributed by atoms with E-state index in [4.69, 9.17) is 25.1 Å². The maximum absolute atomic E-state index is 5.02. The Labute approximate surface area is 271 Å². The van der Waals surface area contributed by atoms with E-state index in [1.807, 2.05) is 41.2 Å². The van der Waals surface area contributed by atoms with Gasteiger partial charge >= 0.3 is 0 Å². The zero-order valence-electron chi connectivity index (χ0n) is 25.4. The highest BCUT2D eigenvalue weighted by molar-refractivity contribution is 6.18. The zero-order valence-corrected chi connectivity index (χ0v) is 25.4. The van der Waals surface area contributed by atoms with Crippen LogP contribution in [0, 0.1) is 0 Å². The molecule has 0 aliphatic heterocycles. The summed E-state index contributed by atoms with van der Waals surface area (Å²) < 4.78 is 0. The molecule has 47 heavy (non-hydrogen) atoms. The molecular formula is C41H28N6. The van der Waals surface area contributed by atoms with Crippen LogP contribution in [-0.4, -0.2) is 29.9 Å². The van der Waals surface area contributed by atoms with Gasteiger partial charge in [-0.3, -0.25) is 0 Å². The highest BCUT2D eigenvalue weighted by Gasteiger charge is 2.17. The number of rotatable bonds is 5. The molecule has 0 saturated carbocycles. The zero-order chi connectivity index (χ0) is 31.2. The van der Waals surface area contributed by atoms with Gasteiger partial charge < -0.3 is 0 Å². The van der Waals surface area contributed by atoms with Crippen LogP contribution < -0.4 is 0 Å². The monoisotopic (exact) mass is 604 g/mol. The van der Waals surface area contributed by atoms with Crippen molar-refractivity contribution >= 4 is 32.6 Å². The van der Waals surface area contributed by atoms with Crippen LogP contribution in [0.25, 0.3) is 77.9 Å². The van der Waals surface area contributed by atoms with Gasteiger partial charge in [0.15, 0.2) is 17.5 Å².